The summed E-state index contributed by atoms with van der Waals surface area (Å²) in [5.74, 6) is 2.82. The molecule has 6 nitrogen and oxygen atoms in total. The van der Waals surface area contributed by atoms with Crippen LogP contribution in [0.25, 0.3) is 11.3 Å². The Morgan fingerprint density at radius 2 is 2.14 bits per heavy atom. The topological polar surface area (TPSA) is 60.5 Å². The average Bonchev–Trinajstić information content (AvgIpc) is 3.48. The van der Waals surface area contributed by atoms with Crippen LogP contribution in [0.3, 0.4) is 0 Å². The molecule has 2 aliphatic heterocycles. The summed E-state index contributed by atoms with van der Waals surface area (Å²) in [4.78, 5) is 19.3. The molecule has 144 valence electrons. The minimum absolute atomic E-state index is 0.0825. The van der Waals surface area contributed by atoms with Gasteiger partial charge in [0.25, 0.3) is 0 Å². The summed E-state index contributed by atoms with van der Waals surface area (Å²) in [6.07, 6.45) is 5.80. The summed E-state index contributed by atoms with van der Waals surface area (Å²) in [7, 11) is 1.70. The minimum Gasteiger partial charge on any atom is -0.496 e. The highest BCUT2D eigenvalue weighted by molar-refractivity contribution is 5.78. The summed E-state index contributed by atoms with van der Waals surface area (Å²) in [5, 5.41) is 0. The van der Waals surface area contributed by atoms with E-state index in [9.17, 15) is 4.79 Å². The molecule has 28 heavy (non-hydrogen) atoms. The smallest absolute Gasteiger partial charge is 0.230 e. The van der Waals surface area contributed by atoms with Crippen LogP contribution in [0.2, 0.25) is 0 Å². The van der Waals surface area contributed by atoms with Gasteiger partial charge in [-0.15, -0.1) is 0 Å². The Balaban J connectivity index is 1.35. The molecule has 1 aromatic carbocycles. The molecule has 1 unspecified atom stereocenters. The molecule has 1 saturated heterocycles. The number of hydrogen-bond donors (Lipinski definition) is 0. The lowest BCUT2D eigenvalue weighted by Crippen LogP contribution is -2.34. The summed E-state index contributed by atoms with van der Waals surface area (Å²) >= 11 is 0. The highest BCUT2D eigenvalue weighted by Crippen LogP contribution is 2.43. The van der Waals surface area contributed by atoms with Gasteiger partial charge in [0.2, 0.25) is 5.91 Å². The molecule has 0 bridgehead atoms. The maximum absolute atomic E-state index is 12.7. The second kappa shape index (κ2) is 6.55. The van der Waals surface area contributed by atoms with E-state index in [-0.39, 0.29) is 11.3 Å². The van der Waals surface area contributed by atoms with Crippen molar-refractivity contribution in [2.45, 2.75) is 25.8 Å². The Labute approximate surface area is 163 Å². The Bertz CT molecular complexity index is 1010. The van der Waals surface area contributed by atoms with Crippen molar-refractivity contribution in [2.24, 2.45) is 5.41 Å². The van der Waals surface area contributed by atoms with Gasteiger partial charge in [0.1, 0.15) is 17.3 Å². The van der Waals surface area contributed by atoms with Crippen LogP contribution in [0.15, 0.2) is 53.3 Å². The van der Waals surface area contributed by atoms with Gasteiger partial charge >= 0.3 is 0 Å². The van der Waals surface area contributed by atoms with Crippen LogP contribution in [0, 0.1) is 5.41 Å². The zero-order valence-corrected chi connectivity index (χ0v) is 15.9. The number of aromatic nitrogens is 2. The fourth-order valence-corrected chi connectivity index (χ4v) is 4.62. The number of furan rings is 1. The molecule has 5 rings (SSSR count). The molecular formula is C22H23N3O3. The van der Waals surface area contributed by atoms with Crippen molar-refractivity contribution < 1.29 is 13.9 Å². The maximum Gasteiger partial charge on any atom is 0.230 e. The lowest BCUT2D eigenvalue weighted by Gasteiger charge is -2.23. The average molecular weight is 377 g/mol. The van der Waals surface area contributed by atoms with Crippen LogP contribution < -0.4 is 4.74 Å². The van der Waals surface area contributed by atoms with Crippen molar-refractivity contribution in [3.8, 4) is 17.0 Å². The van der Waals surface area contributed by atoms with Crippen LogP contribution in [0.5, 0.6) is 5.75 Å². The molecule has 2 aromatic heterocycles. The number of amides is 1. The standard InChI is InChI=1S/C22H23N3O3/c1-27-19-7-3-2-6-17(19)18-13-23-20-12-22(15-25(18)20)8-9-24(14-22)21(26)11-16-5-4-10-28-16/h2-7,10,13H,8-9,11-12,14-15H2,1H3. The third-order valence-electron chi connectivity index (χ3n) is 6.04. The van der Waals surface area contributed by atoms with Crippen LogP contribution >= 0.6 is 0 Å². The largest absolute Gasteiger partial charge is 0.496 e. The molecule has 1 spiro atoms. The summed E-state index contributed by atoms with van der Waals surface area (Å²) in [5.41, 5.74) is 2.23. The predicted octanol–water partition coefficient (Wildman–Crippen LogP) is 3.17. The maximum atomic E-state index is 12.7. The normalized spacial score (nSPS) is 20.7. The van der Waals surface area contributed by atoms with E-state index >= 15 is 0 Å². The van der Waals surface area contributed by atoms with E-state index in [1.165, 1.54) is 0 Å². The van der Waals surface area contributed by atoms with Crippen LogP contribution in [-0.4, -0.2) is 40.6 Å². The number of ether oxygens (including phenoxy) is 1. The number of imidazole rings is 1. The van der Waals surface area contributed by atoms with Crippen molar-refractivity contribution >= 4 is 5.91 Å². The van der Waals surface area contributed by atoms with Crippen molar-refractivity contribution in [2.75, 3.05) is 20.2 Å². The van der Waals surface area contributed by atoms with Crippen LogP contribution in [0.1, 0.15) is 18.0 Å². The number of fused-ring (bicyclic) bond motifs is 1. The van der Waals surface area contributed by atoms with Crippen LogP contribution in [-0.2, 0) is 24.2 Å². The number of methoxy groups -OCH3 is 1. The molecular weight excluding hydrogens is 354 g/mol. The second-order valence-corrected chi connectivity index (χ2v) is 7.84. The van der Waals surface area contributed by atoms with E-state index in [0.29, 0.717) is 6.42 Å². The van der Waals surface area contributed by atoms with Crippen molar-refractivity contribution in [1.29, 1.82) is 0 Å². The van der Waals surface area contributed by atoms with Gasteiger partial charge in [-0.3, -0.25) is 4.79 Å². The number of nitrogens with zero attached hydrogens (tertiary/aromatic N) is 3. The molecule has 6 heteroatoms. The van der Waals surface area contributed by atoms with Gasteiger partial charge in [0.05, 0.1) is 31.7 Å². The number of benzene rings is 1. The molecule has 3 aromatic rings. The van der Waals surface area contributed by atoms with E-state index in [2.05, 4.69) is 15.6 Å². The molecule has 1 amide bonds. The Kier molecular flexibility index (Phi) is 4.00. The number of carbonyl (C=O) groups is 1. The Morgan fingerprint density at radius 1 is 1.25 bits per heavy atom. The molecule has 4 heterocycles. The number of hydrogen-bond acceptors (Lipinski definition) is 4. The summed E-state index contributed by atoms with van der Waals surface area (Å²) < 4.78 is 13.2. The lowest BCUT2D eigenvalue weighted by atomic mass is 9.86. The SMILES string of the molecule is COc1ccccc1-c1cnc2n1CC1(CCN(C(=O)Cc3ccco3)C1)C2. The number of para-hydroxylation sites is 1. The first kappa shape index (κ1) is 17.1. The zero-order valence-electron chi connectivity index (χ0n) is 15.9. The first-order valence-corrected chi connectivity index (χ1v) is 9.65. The highest BCUT2D eigenvalue weighted by atomic mass is 16.5. The lowest BCUT2D eigenvalue weighted by molar-refractivity contribution is -0.130. The third kappa shape index (κ3) is 2.80. The van der Waals surface area contributed by atoms with E-state index in [1.807, 2.05) is 41.4 Å². The summed E-state index contributed by atoms with van der Waals surface area (Å²) in [6.45, 7) is 2.47. The third-order valence-corrected chi connectivity index (χ3v) is 6.04. The van der Waals surface area contributed by atoms with E-state index in [1.54, 1.807) is 13.4 Å². The fraction of sp³-hybridized carbons (Fsp3) is 0.364. The molecule has 1 fully saturated rings. The fourth-order valence-electron chi connectivity index (χ4n) is 4.62. The summed E-state index contributed by atoms with van der Waals surface area (Å²) in [6, 6.07) is 11.7. The molecule has 0 N–H and O–H groups in total. The van der Waals surface area contributed by atoms with E-state index < -0.39 is 0 Å². The molecule has 2 aliphatic rings. The first-order chi connectivity index (χ1) is 13.7. The van der Waals surface area contributed by atoms with Gasteiger partial charge in [-0.05, 0) is 30.7 Å². The Hall–Kier alpha value is -3.02. The van der Waals surface area contributed by atoms with Crippen LogP contribution in [0.4, 0.5) is 0 Å². The molecule has 0 saturated carbocycles. The molecule has 1 atom stereocenters. The first-order valence-electron chi connectivity index (χ1n) is 9.65. The van der Waals surface area contributed by atoms with Crippen molar-refractivity contribution in [1.82, 2.24) is 14.5 Å². The van der Waals surface area contributed by atoms with Crippen molar-refractivity contribution in [3.05, 3.63) is 60.4 Å². The van der Waals surface area contributed by atoms with Gasteiger partial charge in [0.15, 0.2) is 0 Å². The molecule has 0 aliphatic carbocycles. The van der Waals surface area contributed by atoms with Gasteiger partial charge in [-0.2, -0.15) is 0 Å². The van der Waals surface area contributed by atoms with Gasteiger partial charge < -0.3 is 18.6 Å². The minimum atomic E-state index is 0.0825. The predicted molar refractivity (Wildman–Crippen MR) is 104 cm³/mol. The number of likely N-dealkylation sites (tertiary alicyclic amines) is 1. The van der Waals surface area contributed by atoms with Crippen molar-refractivity contribution in [3.63, 3.8) is 0 Å². The van der Waals surface area contributed by atoms with Gasteiger partial charge in [-0.1, -0.05) is 12.1 Å². The second-order valence-electron chi connectivity index (χ2n) is 7.84. The Morgan fingerprint density at radius 3 is 2.96 bits per heavy atom. The monoisotopic (exact) mass is 377 g/mol. The quantitative estimate of drug-likeness (QED) is 0.701. The highest BCUT2D eigenvalue weighted by Gasteiger charge is 2.45. The van der Waals surface area contributed by atoms with Gasteiger partial charge in [-0.25, -0.2) is 4.98 Å². The van der Waals surface area contributed by atoms with E-state index in [0.717, 1.165) is 61.1 Å². The number of rotatable bonds is 4. The number of carbonyl (C=O) groups excluding carboxylic acids is 1. The van der Waals surface area contributed by atoms with E-state index in [4.69, 9.17) is 9.15 Å². The molecule has 0 radical (unpaired) electrons. The zero-order chi connectivity index (χ0) is 19.1. The van der Waals surface area contributed by atoms with Gasteiger partial charge in [0, 0.05) is 37.0 Å².